The molecular formula is C19H20ClFN6O2. The predicted molar refractivity (Wildman–Crippen MR) is 103 cm³/mol. The van der Waals surface area contributed by atoms with Crippen LogP contribution in [-0.2, 0) is 0 Å². The molecule has 1 aliphatic rings. The number of nitrogens with zero attached hydrogens (tertiary/aromatic N) is 6. The molecule has 152 valence electrons. The molecule has 10 heteroatoms. The lowest BCUT2D eigenvalue weighted by Crippen LogP contribution is -2.40. The highest BCUT2D eigenvalue weighted by Crippen LogP contribution is 2.25. The first-order valence-corrected chi connectivity index (χ1v) is 9.80. The minimum Gasteiger partial charge on any atom is -0.337 e. The lowest BCUT2D eigenvalue weighted by atomic mass is 10.0. The molecule has 0 spiro atoms. The van der Waals surface area contributed by atoms with Gasteiger partial charge in [0.1, 0.15) is 5.82 Å². The van der Waals surface area contributed by atoms with E-state index in [2.05, 4.69) is 20.5 Å². The van der Waals surface area contributed by atoms with E-state index in [9.17, 15) is 9.18 Å². The van der Waals surface area contributed by atoms with Crippen molar-refractivity contribution in [2.75, 3.05) is 13.1 Å². The molecule has 1 saturated heterocycles. The summed E-state index contributed by atoms with van der Waals surface area (Å²) in [6, 6.07) is 3.98. The van der Waals surface area contributed by atoms with Crippen LogP contribution in [0.1, 0.15) is 54.8 Å². The fourth-order valence-corrected chi connectivity index (χ4v) is 3.47. The number of likely N-dealkylation sites (tertiary alicyclic amines) is 1. The van der Waals surface area contributed by atoms with Crippen LogP contribution in [-0.4, -0.2) is 49.0 Å². The molecule has 29 heavy (non-hydrogen) atoms. The van der Waals surface area contributed by atoms with E-state index in [-0.39, 0.29) is 22.9 Å². The number of aromatic nitrogens is 5. The Morgan fingerprint density at radius 2 is 2.21 bits per heavy atom. The molecule has 3 aromatic rings. The first-order chi connectivity index (χ1) is 13.9. The van der Waals surface area contributed by atoms with E-state index in [4.69, 9.17) is 16.1 Å². The summed E-state index contributed by atoms with van der Waals surface area (Å²) in [4.78, 5) is 18.9. The van der Waals surface area contributed by atoms with Crippen LogP contribution in [0.2, 0.25) is 5.02 Å². The fraction of sp³-hybridized carbons (Fsp3) is 0.421. The van der Waals surface area contributed by atoms with Gasteiger partial charge in [-0.05, 0) is 31.0 Å². The second kappa shape index (κ2) is 7.90. The Morgan fingerprint density at radius 3 is 2.93 bits per heavy atom. The first-order valence-electron chi connectivity index (χ1n) is 9.42. The summed E-state index contributed by atoms with van der Waals surface area (Å²) in [6.45, 7) is 5.05. The number of amides is 1. The molecule has 1 fully saturated rings. The van der Waals surface area contributed by atoms with E-state index in [1.54, 1.807) is 15.8 Å². The zero-order valence-electron chi connectivity index (χ0n) is 16.0. The van der Waals surface area contributed by atoms with Gasteiger partial charge >= 0.3 is 0 Å². The molecule has 1 unspecified atom stereocenters. The highest BCUT2D eigenvalue weighted by Gasteiger charge is 2.27. The molecule has 0 bridgehead atoms. The highest BCUT2D eigenvalue weighted by atomic mass is 35.5. The summed E-state index contributed by atoms with van der Waals surface area (Å²) in [5.74, 6) is 0.360. The normalized spacial score (nSPS) is 17.1. The van der Waals surface area contributed by atoms with Crippen LogP contribution in [0, 0.1) is 5.82 Å². The standard InChI is InChI=1S/C19H20ClFN6O2/c1-11(2)17-22-18(29-24-17)16-10-27(25-23-16)13-4-3-7-26(9-13)19(28)12-5-6-15(21)14(20)8-12/h5-6,8,10-11,13H,3-4,7,9H2,1-2H3. The highest BCUT2D eigenvalue weighted by molar-refractivity contribution is 6.31. The van der Waals surface area contributed by atoms with Crippen LogP contribution in [0.4, 0.5) is 4.39 Å². The average Bonchev–Trinajstić information content (AvgIpc) is 3.39. The van der Waals surface area contributed by atoms with Gasteiger partial charge in [0.05, 0.1) is 17.3 Å². The quantitative estimate of drug-likeness (QED) is 0.641. The van der Waals surface area contributed by atoms with Crippen molar-refractivity contribution in [3.8, 4) is 11.6 Å². The molecule has 2 aromatic heterocycles. The van der Waals surface area contributed by atoms with Crippen LogP contribution in [0.5, 0.6) is 0 Å². The van der Waals surface area contributed by atoms with Gasteiger partial charge in [0.15, 0.2) is 11.5 Å². The minimum absolute atomic E-state index is 0.0302. The van der Waals surface area contributed by atoms with E-state index < -0.39 is 5.82 Å². The molecule has 4 rings (SSSR count). The van der Waals surface area contributed by atoms with Crippen molar-refractivity contribution >= 4 is 17.5 Å². The van der Waals surface area contributed by atoms with Crippen molar-refractivity contribution in [2.45, 2.75) is 38.6 Å². The van der Waals surface area contributed by atoms with Crippen LogP contribution in [0.3, 0.4) is 0 Å². The van der Waals surface area contributed by atoms with Gasteiger partial charge in [0, 0.05) is 24.6 Å². The average molecular weight is 419 g/mol. The number of carbonyl (C=O) groups excluding carboxylic acids is 1. The topological polar surface area (TPSA) is 89.9 Å². The number of piperidine rings is 1. The third-order valence-electron chi connectivity index (χ3n) is 4.91. The number of rotatable bonds is 4. The van der Waals surface area contributed by atoms with Gasteiger partial charge in [-0.2, -0.15) is 4.98 Å². The largest absolute Gasteiger partial charge is 0.337 e. The van der Waals surface area contributed by atoms with Crippen molar-refractivity contribution in [3.05, 3.63) is 46.6 Å². The monoisotopic (exact) mass is 418 g/mol. The lowest BCUT2D eigenvalue weighted by Gasteiger charge is -2.32. The number of hydrogen-bond donors (Lipinski definition) is 0. The summed E-state index contributed by atoms with van der Waals surface area (Å²) in [5.41, 5.74) is 0.863. The molecule has 0 N–H and O–H groups in total. The maximum atomic E-state index is 13.4. The van der Waals surface area contributed by atoms with Crippen LogP contribution >= 0.6 is 11.6 Å². The van der Waals surface area contributed by atoms with Crippen molar-refractivity contribution in [1.29, 1.82) is 0 Å². The maximum Gasteiger partial charge on any atom is 0.280 e. The van der Waals surface area contributed by atoms with E-state index in [0.717, 1.165) is 12.8 Å². The second-order valence-corrected chi connectivity index (χ2v) is 7.78. The molecule has 8 nitrogen and oxygen atoms in total. The maximum absolute atomic E-state index is 13.4. The molecule has 1 amide bonds. The molecule has 0 saturated carbocycles. The van der Waals surface area contributed by atoms with Crippen LogP contribution < -0.4 is 0 Å². The van der Waals surface area contributed by atoms with Gasteiger partial charge in [0.25, 0.3) is 11.8 Å². The summed E-state index contributed by atoms with van der Waals surface area (Å²) in [7, 11) is 0. The SMILES string of the molecule is CC(C)c1noc(-c2cn(C3CCCN(C(=O)c4ccc(F)c(Cl)c4)C3)nn2)n1. The number of benzene rings is 1. The Labute approximate surface area is 171 Å². The van der Waals surface area contributed by atoms with Crippen molar-refractivity contribution in [3.63, 3.8) is 0 Å². The van der Waals surface area contributed by atoms with Gasteiger partial charge in [-0.15, -0.1) is 5.10 Å². The van der Waals surface area contributed by atoms with Gasteiger partial charge in [0.2, 0.25) is 0 Å². The Morgan fingerprint density at radius 1 is 1.38 bits per heavy atom. The third-order valence-corrected chi connectivity index (χ3v) is 5.20. The Balaban J connectivity index is 1.49. The molecule has 3 heterocycles. The lowest BCUT2D eigenvalue weighted by molar-refractivity contribution is 0.0672. The molecule has 1 aromatic carbocycles. The smallest absolute Gasteiger partial charge is 0.280 e. The first kappa shape index (κ1) is 19.5. The Bertz CT molecular complexity index is 1030. The van der Waals surface area contributed by atoms with E-state index in [1.165, 1.54) is 18.2 Å². The van der Waals surface area contributed by atoms with E-state index in [1.807, 2.05) is 13.8 Å². The van der Waals surface area contributed by atoms with Crippen LogP contribution in [0.25, 0.3) is 11.6 Å². The summed E-state index contributed by atoms with van der Waals surface area (Å²) in [5, 5.41) is 12.2. The minimum atomic E-state index is -0.545. The molecule has 1 aliphatic heterocycles. The third kappa shape index (κ3) is 4.00. The van der Waals surface area contributed by atoms with Crippen molar-refractivity contribution in [2.24, 2.45) is 0 Å². The Hall–Kier alpha value is -2.81. The summed E-state index contributed by atoms with van der Waals surface area (Å²) >= 11 is 5.82. The van der Waals surface area contributed by atoms with Crippen LogP contribution in [0.15, 0.2) is 28.9 Å². The Kier molecular flexibility index (Phi) is 5.31. The zero-order chi connectivity index (χ0) is 20.5. The molecular weight excluding hydrogens is 399 g/mol. The van der Waals surface area contributed by atoms with Gasteiger partial charge in [-0.1, -0.05) is 35.8 Å². The van der Waals surface area contributed by atoms with Gasteiger partial charge in [-0.25, -0.2) is 9.07 Å². The zero-order valence-corrected chi connectivity index (χ0v) is 16.8. The molecule has 0 radical (unpaired) electrons. The summed E-state index contributed by atoms with van der Waals surface area (Å²) in [6.07, 6.45) is 3.43. The number of halogens is 2. The van der Waals surface area contributed by atoms with Gasteiger partial charge < -0.3 is 9.42 Å². The van der Waals surface area contributed by atoms with Crippen molar-refractivity contribution < 1.29 is 13.7 Å². The van der Waals surface area contributed by atoms with E-state index >= 15 is 0 Å². The molecule has 1 atom stereocenters. The molecule has 0 aliphatic carbocycles. The number of carbonyl (C=O) groups is 1. The fourth-order valence-electron chi connectivity index (χ4n) is 3.29. The predicted octanol–water partition coefficient (Wildman–Crippen LogP) is 3.72. The number of hydrogen-bond acceptors (Lipinski definition) is 6. The summed E-state index contributed by atoms with van der Waals surface area (Å²) < 4.78 is 20.4. The van der Waals surface area contributed by atoms with Crippen molar-refractivity contribution in [1.82, 2.24) is 30.0 Å². The van der Waals surface area contributed by atoms with E-state index in [0.29, 0.717) is 36.1 Å². The van der Waals surface area contributed by atoms with Gasteiger partial charge in [-0.3, -0.25) is 4.79 Å². The second-order valence-electron chi connectivity index (χ2n) is 7.37.